The maximum atomic E-state index is 13.6. The molecule has 1 atom stereocenters. The molecule has 0 aliphatic rings. The summed E-state index contributed by atoms with van der Waals surface area (Å²) in [7, 11) is 0. The zero-order valence-corrected chi connectivity index (χ0v) is 11.6. The van der Waals surface area contributed by atoms with Gasteiger partial charge in [-0.05, 0) is 25.1 Å². The van der Waals surface area contributed by atoms with Crippen molar-refractivity contribution in [1.82, 2.24) is 5.32 Å². The first-order chi connectivity index (χ1) is 9.50. The summed E-state index contributed by atoms with van der Waals surface area (Å²) in [6, 6.07) is 10.6. The van der Waals surface area contributed by atoms with E-state index in [0.717, 1.165) is 0 Å². The fraction of sp³-hybridized carbons (Fsp3) is 0.133. The summed E-state index contributed by atoms with van der Waals surface area (Å²) in [5.74, 6) is -0.753. The second-order valence-electron chi connectivity index (χ2n) is 4.43. The van der Waals surface area contributed by atoms with Gasteiger partial charge >= 0.3 is 0 Å². The molecule has 2 aromatic carbocycles. The monoisotopic (exact) mass is 292 g/mol. The van der Waals surface area contributed by atoms with E-state index in [1.165, 1.54) is 6.07 Å². The van der Waals surface area contributed by atoms with E-state index in [1.54, 1.807) is 43.3 Å². The molecule has 20 heavy (non-hydrogen) atoms. The van der Waals surface area contributed by atoms with E-state index >= 15 is 0 Å². The highest BCUT2D eigenvalue weighted by molar-refractivity contribution is 6.36. The highest BCUT2D eigenvalue weighted by Gasteiger charge is 2.17. The fourth-order valence-corrected chi connectivity index (χ4v) is 2.12. The minimum atomic E-state index is -0.471. The van der Waals surface area contributed by atoms with Crippen molar-refractivity contribution in [2.24, 2.45) is 0 Å². The van der Waals surface area contributed by atoms with Gasteiger partial charge in [-0.25, -0.2) is 4.39 Å². The molecule has 1 amide bonds. The van der Waals surface area contributed by atoms with E-state index in [2.05, 4.69) is 5.32 Å². The molecule has 2 aromatic rings. The lowest BCUT2D eigenvalue weighted by atomic mass is 10.1. The molecule has 1 unspecified atom stereocenters. The Bertz CT molecular complexity index is 646. The zero-order chi connectivity index (χ0) is 14.7. The highest BCUT2D eigenvalue weighted by atomic mass is 35.5. The third kappa shape index (κ3) is 2.91. The van der Waals surface area contributed by atoms with Crippen LogP contribution in [0.1, 0.15) is 28.9 Å². The van der Waals surface area contributed by atoms with Gasteiger partial charge in [0.15, 0.2) is 0 Å². The molecule has 3 nitrogen and oxygen atoms in total. The number of amides is 1. The third-order valence-corrected chi connectivity index (χ3v) is 3.41. The van der Waals surface area contributed by atoms with Crippen LogP contribution in [-0.2, 0) is 0 Å². The van der Waals surface area contributed by atoms with Gasteiger partial charge in [-0.2, -0.15) is 0 Å². The van der Waals surface area contributed by atoms with Gasteiger partial charge < -0.3 is 11.1 Å². The lowest BCUT2D eigenvalue weighted by Crippen LogP contribution is -2.27. The number of halogens is 2. The number of anilines is 1. The molecule has 0 bridgehead atoms. The molecule has 3 N–H and O–H groups in total. The molecule has 0 aromatic heterocycles. The van der Waals surface area contributed by atoms with Gasteiger partial charge in [0.1, 0.15) is 5.82 Å². The Balaban J connectivity index is 2.20. The molecule has 0 aliphatic carbocycles. The molecular weight excluding hydrogens is 279 g/mol. The van der Waals surface area contributed by atoms with Crippen LogP contribution in [-0.4, -0.2) is 5.91 Å². The van der Waals surface area contributed by atoms with Gasteiger partial charge in [0.2, 0.25) is 0 Å². The lowest BCUT2D eigenvalue weighted by molar-refractivity contribution is 0.0939. The average Bonchev–Trinajstić information content (AvgIpc) is 2.42. The van der Waals surface area contributed by atoms with Gasteiger partial charge in [0, 0.05) is 5.56 Å². The molecule has 0 saturated carbocycles. The predicted octanol–water partition coefficient (Wildman–Crippen LogP) is 3.55. The molecule has 0 heterocycles. The molecule has 0 fully saturated rings. The lowest BCUT2D eigenvalue weighted by Gasteiger charge is -2.16. The van der Waals surface area contributed by atoms with Crippen LogP contribution < -0.4 is 11.1 Å². The van der Waals surface area contributed by atoms with Crippen molar-refractivity contribution >= 4 is 23.2 Å². The summed E-state index contributed by atoms with van der Waals surface area (Å²) in [6.45, 7) is 1.70. The van der Waals surface area contributed by atoms with Crippen LogP contribution >= 0.6 is 11.6 Å². The number of benzene rings is 2. The normalized spacial score (nSPS) is 11.9. The second kappa shape index (κ2) is 5.92. The van der Waals surface area contributed by atoms with E-state index in [0.29, 0.717) is 11.3 Å². The number of hydrogen-bond donors (Lipinski definition) is 2. The maximum absolute atomic E-state index is 13.6. The van der Waals surface area contributed by atoms with Gasteiger partial charge in [-0.1, -0.05) is 35.9 Å². The van der Waals surface area contributed by atoms with E-state index in [1.807, 2.05) is 0 Å². The minimum Gasteiger partial charge on any atom is -0.398 e. The second-order valence-corrected chi connectivity index (χ2v) is 4.80. The Hall–Kier alpha value is -2.07. The molecule has 104 valence electrons. The molecular formula is C15H14ClFN2O. The number of carbonyl (C=O) groups is 1. The summed E-state index contributed by atoms with van der Waals surface area (Å²) in [6.07, 6.45) is 0. The van der Waals surface area contributed by atoms with Gasteiger partial charge in [0.25, 0.3) is 5.91 Å². The fourth-order valence-electron chi connectivity index (χ4n) is 1.90. The topological polar surface area (TPSA) is 55.1 Å². The SMILES string of the molecule is CC(NC(=O)c1cccc(N)c1Cl)c1ccccc1F. The average molecular weight is 293 g/mol. The number of rotatable bonds is 3. The summed E-state index contributed by atoms with van der Waals surface area (Å²) in [4.78, 5) is 12.1. The first kappa shape index (κ1) is 14.3. The Morgan fingerprint density at radius 3 is 2.65 bits per heavy atom. The zero-order valence-electron chi connectivity index (χ0n) is 10.9. The largest absolute Gasteiger partial charge is 0.398 e. The van der Waals surface area contributed by atoms with Crippen LogP contribution in [0.15, 0.2) is 42.5 Å². The van der Waals surface area contributed by atoms with E-state index in [4.69, 9.17) is 17.3 Å². The smallest absolute Gasteiger partial charge is 0.253 e. The summed E-state index contributed by atoms with van der Waals surface area (Å²) >= 11 is 5.99. The maximum Gasteiger partial charge on any atom is 0.253 e. The Morgan fingerprint density at radius 2 is 1.95 bits per heavy atom. The molecule has 2 rings (SSSR count). The molecule has 0 aliphatic heterocycles. The summed E-state index contributed by atoms with van der Waals surface area (Å²) < 4.78 is 13.6. The van der Waals surface area contributed by atoms with Crippen molar-refractivity contribution in [2.45, 2.75) is 13.0 Å². The van der Waals surface area contributed by atoms with Crippen molar-refractivity contribution in [3.05, 3.63) is 64.4 Å². The van der Waals surface area contributed by atoms with Crippen LogP contribution in [0.5, 0.6) is 0 Å². The van der Waals surface area contributed by atoms with Crippen LogP contribution in [0, 0.1) is 5.82 Å². The number of nitrogens with one attached hydrogen (secondary N) is 1. The first-order valence-corrected chi connectivity index (χ1v) is 6.47. The Labute approximate surface area is 121 Å². The third-order valence-electron chi connectivity index (χ3n) is 2.99. The summed E-state index contributed by atoms with van der Waals surface area (Å²) in [5, 5.41) is 2.90. The van der Waals surface area contributed by atoms with E-state index in [-0.39, 0.29) is 16.4 Å². The molecule has 5 heteroatoms. The molecule has 0 radical (unpaired) electrons. The van der Waals surface area contributed by atoms with Crippen molar-refractivity contribution < 1.29 is 9.18 Å². The predicted molar refractivity (Wildman–Crippen MR) is 78.1 cm³/mol. The number of carbonyl (C=O) groups excluding carboxylic acids is 1. The van der Waals surface area contributed by atoms with Crippen molar-refractivity contribution in [1.29, 1.82) is 0 Å². The Morgan fingerprint density at radius 1 is 1.25 bits per heavy atom. The van der Waals surface area contributed by atoms with Crippen LogP contribution in [0.3, 0.4) is 0 Å². The molecule has 0 spiro atoms. The van der Waals surface area contributed by atoms with Crippen molar-refractivity contribution in [2.75, 3.05) is 5.73 Å². The van der Waals surface area contributed by atoms with Crippen molar-refractivity contribution in [3.8, 4) is 0 Å². The van der Waals surface area contributed by atoms with E-state index < -0.39 is 11.9 Å². The van der Waals surface area contributed by atoms with Gasteiger partial charge in [0.05, 0.1) is 22.3 Å². The first-order valence-electron chi connectivity index (χ1n) is 6.10. The van der Waals surface area contributed by atoms with E-state index in [9.17, 15) is 9.18 Å². The van der Waals surface area contributed by atoms with Crippen molar-refractivity contribution in [3.63, 3.8) is 0 Å². The van der Waals surface area contributed by atoms with Gasteiger partial charge in [-0.15, -0.1) is 0 Å². The quantitative estimate of drug-likeness (QED) is 0.850. The van der Waals surface area contributed by atoms with Crippen LogP contribution in [0.4, 0.5) is 10.1 Å². The minimum absolute atomic E-state index is 0.200. The van der Waals surface area contributed by atoms with Crippen LogP contribution in [0.2, 0.25) is 5.02 Å². The summed E-state index contributed by atoms with van der Waals surface area (Å²) in [5.41, 5.74) is 6.67. The number of nitrogens with two attached hydrogens (primary N) is 1. The standard InChI is InChI=1S/C15H14ClFN2O/c1-9(10-5-2-3-7-12(10)17)19-15(20)11-6-4-8-13(18)14(11)16/h2-9H,18H2,1H3,(H,19,20). The number of hydrogen-bond acceptors (Lipinski definition) is 2. The van der Waals surface area contributed by atoms with Gasteiger partial charge in [-0.3, -0.25) is 4.79 Å². The highest BCUT2D eigenvalue weighted by Crippen LogP contribution is 2.24. The Kier molecular flexibility index (Phi) is 4.25. The number of nitrogen functional groups attached to an aromatic ring is 1. The molecule has 0 saturated heterocycles. The van der Waals surface area contributed by atoms with Crippen LogP contribution in [0.25, 0.3) is 0 Å².